The number of carbonyl (C=O) groups excluding carboxylic acids is 1. The maximum absolute atomic E-state index is 13.3. The number of hydrogen-bond donors (Lipinski definition) is 2. The molecule has 3 nitrogen and oxygen atoms in total. The fraction of sp³-hybridized carbons (Fsp3) is 0.316. The molecule has 0 aliphatic heterocycles. The van der Waals surface area contributed by atoms with Crippen LogP contribution in [-0.2, 0) is 24.4 Å². The van der Waals surface area contributed by atoms with Gasteiger partial charge in [-0.1, -0.05) is 37.3 Å². The topological polar surface area (TPSA) is 49.3 Å². The van der Waals surface area contributed by atoms with Gasteiger partial charge >= 0.3 is 0 Å². The predicted octanol–water partition coefficient (Wildman–Crippen LogP) is 3.30. The van der Waals surface area contributed by atoms with Crippen LogP contribution in [0.1, 0.15) is 42.0 Å². The maximum atomic E-state index is 13.3. The van der Waals surface area contributed by atoms with Crippen LogP contribution in [-0.4, -0.2) is 11.0 Å². The van der Waals surface area contributed by atoms with Crippen molar-refractivity contribution in [2.24, 2.45) is 0 Å². The van der Waals surface area contributed by atoms with Crippen LogP contribution >= 0.6 is 0 Å². The number of benzene rings is 2. The molecule has 0 heterocycles. The summed E-state index contributed by atoms with van der Waals surface area (Å²) in [4.78, 5) is 12.3. The molecule has 2 aromatic rings. The third kappa shape index (κ3) is 4.39. The molecule has 0 aliphatic rings. The molecule has 0 saturated carbocycles. The lowest BCUT2D eigenvalue weighted by molar-refractivity contribution is -0.122. The number of aliphatic hydroxyl groups is 1. The van der Waals surface area contributed by atoms with Crippen molar-refractivity contribution in [3.8, 4) is 0 Å². The SMILES string of the molecule is CCc1ccc(C(C)C(=O)NCc2ccc(F)c(CO)c2)cc1. The lowest BCUT2D eigenvalue weighted by atomic mass is 9.98. The van der Waals surface area contributed by atoms with E-state index in [9.17, 15) is 9.18 Å². The summed E-state index contributed by atoms with van der Waals surface area (Å²) >= 11 is 0. The van der Waals surface area contributed by atoms with E-state index in [1.807, 2.05) is 31.2 Å². The molecule has 0 bridgehead atoms. The monoisotopic (exact) mass is 315 g/mol. The molecular formula is C19H22FNO2. The number of hydrogen-bond acceptors (Lipinski definition) is 2. The minimum absolute atomic E-state index is 0.0795. The van der Waals surface area contributed by atoms with E-state index in [1.54, 1.807) is 12.1 Å². The van der Waals surface area contributed by atoms with Gasteiger partial charge in [-0.25, -0.2) is 4.39 Å². The van der Waals surface area contributed by atoms with Gasteiger partial charge in [-0.05, 0) is 42.2 Å². The van der Waals surface area contributed by atoms with Gasteiger partial charge in [0.15, 0.2) is 0 Å². The third-order valence-electron chi connectivity index (χ3n) is 4.03. The summed E-state index contributed by atoms with van der Waals surface area (Å²) in [5.74, 6) is -0.769. The zero-order valence-corrected chi connectivity index (χ0v) is 13.5. The molecule has 2 aromatic carbocycles. The Morgan fingerprint density at radius 1 is 1.17 bits per heavy atom. The van der Waals surface area contributed by atoms with Crippen molar-refractivity contribution in [1.29, 1.82) is 0 Å². The maximum Gasteiger partial charge on any atom is 0.227 e. The Morgan fingerprint density at radius 2 is 1.83 bits per heavy atom. The van der Waals surface area contributed by atoms with E-state index >= 15 is 0 Å². The molecule has 0 aliphatic carbocycles. The molecule has 122 valence electrons. The van der Waals surface area contributed by atoms with E-state index < -0.39 is 5.82 Å². The van der Waals surface area contributed by atoms with Crippen LogP contribution in [0.2, 0.25) is 0 Å². The highest BCUT2D eigenvalue weighted by Crippen LogP contribution is 2.17. The Bertz CT molecular complexity index is 668. The highest BCUT2D eigenvalue weighted by Gasteiger charge is 2.15. The molecule has 1 unspecified atom stereocenters. The van der Waals surface area contributed by atoms with Crippen molar-refractivity contribution in [3.63, 3.8) is 0 Å². The summed E-state index contributed by atoms with van der Waals surface area (Å²) in [5.41, 5.74) is 3.20. The van der Waals surface area contributed by atoms with Gasteiger partial charge in [0, 0.05) is 12.1 Å². The minimum atomic E-state index is -0.438. The zero-order chi connectivity index (χ0) is 16.8. The van der Waals surface area contributed by atoms with Crippen LogP contribution in [0.15, 0.2) is 42.5 Å². The van der Waals surface area contributed by atoms with Crippen LogP contribution in [0.3, 0.4) is 0 Å². The van der Waals surface area contributed by atoms with Crippen molar-refractivity contribution in [1.82, 2.24) is 5.32 Å². The lowest BCUT2D eigenvalue weighted by Gasteiger charge is -2.13. The van der Waals surface area contributed by atoms with Crippen LogP contribution in [0, 0.1) is 5.82 Å². The first-order chi connectivity index (χ1) is 11.0. The van der Waals surface area contributed by atoms with E-state index in [0.29, 0.717) is 6.54 Å². The molecule has 0 spiro atoms. The molecule has 0 fully saturated rings. The van der Waals surface area contributed by atoms with Gasteiger partial charge in [-0.2, -0.15) is 0 Å². The Hall–Kier alpha value is -2.20. The van der Waals surface area contributed by atoms with Crippen molar-refractivity contribution in [2.45, 2.75) is 39.3 Å². The van der Waals surface area contributed by atoms with Gasteiger partial charge in [0.2, 0.25) is 5.91 Å². The average Bonchev–Trinajstić information content (AvgIpc) is 2.60. The second kappa shape index (κ2) is 7.88. The molecule has 1 atom stereocenters. The molecule has 23 heavy (non-hydrogen) atoms. The van der Waals surface area contributed by atoms with E-state index in [0.717, 1.165) is 17.5 Å². The molecule has 2 rings (SSSR count). The van der Waals surface area contributed by atoms with Gasteiger partial charge in [-0.15, -0.1) is 0 Å². The van der Waals surface area contributed by atoms with E-state index in [2.05, 4.69) is 12.2 Å². The molecule has 2 N–H and O–H groups in total. The van der Waals surface area contributed by atoms with Crippen LogP contribution in [0.4, 0.5) is 4.39 Å². The van der Waals surface area contributed by atoms with E-state index in [-0.39, 0.29) is 24.0 Å². The molecular weight excluding hydrogens is 293 g/mol. The molecule has 4 heteroatoms. The molecule has 0 saturated heterocycles. The van der Waals surface area contributed by atoms with Crippen LogP contribution in [0.25, 0.3) is 0 Å². The molecule has 0 radical (unpaired) electrons. The quantitative estimate of drug-likeness (QED) is 0.859. The van der Waals surface area contributed by atoms with Crippen molar-refractivity contribution < 1.29 is 14.3 Å². The van der Waals surface area contributed by atoms with Crippen LogP contribution < -0.4 is 5.32 Å². The number of rotatable bonds is 6. The first-order valence-corrected chi connectivity index (χ1v) is 7.79. The first kappa shape index (κ1) is 17.2. The van der Waals surface area contributed by atoms with Gasteiger partial charge in [0.1, 0.15) is 5.82 Å². The standard InChI is InChI=1S/C19H22FNO2/c1-3-14-4-7-16(8-5-14)13(2)19(23)21-11-15-6-9-18(20)17(10-15)12-22/h4-10,13,22H,3,11-12H2,1-2H3,(H,21,23). The van der Waals surface area contributed by atoms with Crippen molar-refractivity contribution in [2.75, 3.05) is 0 Å². The van der Waals surface area contributed by atoms with Crippen LogP contribution in [0.5, 0.6) is 0 Å². The Kier molecular flexibility index (Phi) is 5.88. The number of halogens is 1. The molecule has 0 aromatic heterocycles. The Balaban J connectivity index is 1.98. The number of amides is 1. The third-order valence-corrected chi connectivity index (χ3v) is 4.03. The minimum Gasteiger partial charge on any atom is -0.392 e. The van der Waals surface area contributed by atoms with Gasteiger partial charge in [0.25, 0.3) is 0 Å². The highest BCUT2D eigenvalue weighted by molar-refractivity contribution is 5.83. The van der Waals surface area contributed by atoms with Crippen molar-refractivity contribution in [3.05, 3.63) is 70.5 Å². The lowest BCUT2D eigenvalue weighted by Crippen LogP contribution is -2.27. The molecule has 1 amide bonds. The summed E-state index contributed by atoms with van der Waals surface area (Å²) in [6, 6.07) is 12.5. The summed E-state index contributed by atoms with van der Waals surface area (Å²) in [6.45, 7) is 3.91. The summed E-state index contributed by atoms with van der Waals surface area (Å²) in [7, 11) is 0. The van der Waals surface area contributed by atoms with Crippen molar-refractivity contribution >= 4 is 5.91 Å². The Morgan fingerprint density at radius 3 is 2.43 bits per heavy atom. The second-order valence-electron chi connectivity index (χ2n) is 5.62. The number of aliphatic hydroxyl groups excluding tert-OH is 1. The highest BCUT2D eigenvalue weighted by atomic mass is 19.1. The zero-order valence-electron chi connectivity index (χ0n) is 13.5. The van der Waals surface area contributed by atoms with Gasteiger partial charge < -0.3 is 10.4 Å². The van der Waals surface area contributed by atoms with Gasteiger partial charge in [-0.3, -0.25) is 4.79 Å². The number of aryl methyl sites for hydroxylation is 1. The smallest absolute Gasteiger partial charge is 0.227 e. The fourth-order valence-electron chi connectivity index (χ4n) is 2.39. The largest absolute Gasteiger partial charge is 0.392 e. The fourth-order valence-corrected chi connectivity index (χ4v) is 2.39. The number of carbonyl (C=O) groups is 1. The Labute approximate surface area is 136 Å². The normalized spacial score (nSPS) is 12.0. The second-order valence-corrected chi connectivity index (χ2v) is 5.62. The predicted molar refractivity (Wildman–Crippen MR) is 88.4 cm³/mol. The average molecular weight is 315 g/mol. The van der Waals surface area contributed by atoms with E-state index in [4.69, 9.17) is 5.11 Å². The van der Waals surface area contributed by atoms with E-state index in [1.165, 1.54) is 11.6 Å². The number of nitrogens with one attached hydrogen (secondary N) is 1. The summed E-state index contributed by atoms with van der Waals surface area (Å²) in [5, 5.41) is 11.9. The van der Waals surface area contributed by atoms with Gasteiger partial charge in [0.05, 0.1) is 12.5 Å². The summed E-state index contributed by atoms with van der Waals surface area (Å²) < 4.78 is 13.3. The first-order valence-electron chi connectivity index (χ1n) is 7.79. The summed E-state index contributed by atoms with van der Waals surface area (Å²) in [6.07, 6.45) is 0.971.